The van der Waals surface area contributed by atoms with Gasteiger partial charge in [0.05, 0.1) is 0 Å². The molecule has 1 aromatic rings. The lowest BCUT2D eigenvalue weighted by Gasteiger charge is -2.19. The summed E-state index contributed by atoms with van der Waals surface area (Å²) in [5, 5.41) is 3.04. The zero-order chi connectivity index (χ0) is 14.4. The maximum atomic E-state index is 12.0. The lowest BCUT2D eigenvalue weighted by Crippen LogP contribution is -2.37. The van der Waals surface area contributed by atoms with Gasteiger partial charge in [0.2, 0.25) is 0 Å². The van der Waals surface area contributed by atoms with Crippen molar-refractivity contribution in [3.63, 3.8) is 0 Å². The molecule has 1 N–H and O–H groups in total. The molecule has 3 heteroatoms. The molecule has 1 aliphatic rings. The molecule has 2 amide bonds. The van der Waals surface area contributed by atoms with Gasteiger partial charge in [-0.05, 0) is 30.4 Å². The Kier molecular flexibility index (Phi) is 5.45. The second-order valence-corrected chi connectivity index (χ2v) is 5.95. The van der Waals surface area contributed by atoms with Gasteiger partial charge in [0.25, 0.3) is 0 Å². The molecule has 1 aromatic carbocycles. The summed E-state index contributed by atoms with van der Waals surface area (Å²) in [6.45, 7) is 3.56. The van der Waals surface area contributed by atoms with Crippen LogP contribution in [0, 0.1) is 12.8 Å². The Hall–Kier alpha value is -1.51. The van der Waals surface area contributed by atoms with E-state index in [1.165, 1.54) is 36.8 Å². The zero-order valence-corrected chi connectivity index (χ0v) is 12.7. The van der Waals surface area contributed by atoms with Gasteiger partial charge >= 0.3 is 6.03 Å². The number of hydrogen-bond donors (Lipinski definition) is 1. The van der Waals surface area contributed by atoms with Crippen LogP contribution in [-0.4, -0.2) is 24.5 Å². The van der Waals surface area contributed by atoms with Crippen LogP contribution in [0.25, 0.3) is 0 Å². The number of rotatable bonds is 5. The van der Waals surface area contributed by atoms with Gasteiger partial charge in [-0.25, -0.2) is 4.79 Å². The van der Waals surface area contributed by atoms with Crippen LogP contribution in [0.2, 0.25) is 0 Å². The summed E-state index contributed by atoms with van der Waals surface area (Å²) < 4.78 is 0. The van der Waals surface area contributed by atoms with Gasteiger partial charge in [-0.3, -0.25) is 0 Å². The fourth-order valence-electron chi connectivity index (χ4n) is 2.93. The van der Waals surface area contributed by atoms with Crippen LogP contribution in [0.5, 0.6) is 0 Å². The van der Waals surface area contributed by atoms with Gasteiger partial charge in [-0.2, -0.15) is 0 Å². The van der Waals surface area contributed by atoms with Crippen molar-refractivity contribution >= 4 is 6.03 Å². The molecule has 0 atom stereocenters. The molecule has 110 valence electrons. The van der Waals surface area contributed by atoms with E-state index in [0.29, 0.717) is 6.54 Å². The fraction of sp³-hybridized carbons (Fsp3) is 0.588. The number of nitrogens with one attached hydrogen (secondary N) is 1. The fourth-order valence-corrected chi connectivity index (χ4v) is 2.93. The predicted octanol–water partition coefficient (Wildman–Crippen LogP) is 3.72. The van der Waals surface area contributed by atoms with Crippen LogP contribution in [0.15, 0.2) is 24.3 Å². The SMILES string of the molecule is Cc1ccccc1CN(C)C(=O)NCCC1CCCC1. The lowest BCUT2D eigenvalue weighted by atomic mass is 10.0. The summed E-state index contributed by atoms with van der Waals surface area (Å²) in [7, 11) is 1.86. The standard InChI is InChI=1S/C17H26N2O/c1-14-7-3-6-10-16(14)13-19(2)17(20)18-12-11-15-8-4-5-9-15/h3,6-7,10,15H,4-5,8-9,11-13H2,1-2H3,(H,18,20). The molecule has 0 unspecified atom stereocenters. The maximum Gasteiger partial charge on any atom is 0.317 e. The number of carbonyl (C=O) groups excluding carboxylic acids is 1. The molecule has 1 fully saturated rings. The largest absolute Gasteiger partial charge is 0.338 e. The average molecular weight is 274 g/mol. The van der Waals surface area contributed by atoms with E-state index >= 15 is 0 Å². The van der Waals surface area contributed by atoms with Gasteiger partial charge in [0.15, 0.2) is 0 Å². The molecule has 0 radical (unpaired) electrons. The van der Waals surface area contributed by atoms with Gasteiger partial charge in [0.1, 0.15) is 0 Å². The van der Waals surface area contributed by atoms with E-state index in [0.717, 1.165) is 18.9 Å². The Morgan fingerprint density at radius 1 is 1.30 bits per heavy atom. The monoisotopic (exact) mass is 274 g/mol. The van der Waals surface area contributed by atoms with Crippen LogP contribution < -0.4 is 5.32 Å². The first kappa shape index (κ1) is 14.9. The van der Waals surface area contributed by atoms with Crippen molar-refractivity contribution in [2.75, 3.05) is 13.6 Å². The van der Waals surface area contributed by atoms with Crippen molar-refractivity contribution in [2.45, 2.75) is 45.6 Å². The van der Waals surface area contributed by atoms with Gasteiger partial charge in [-0.1, -0.05) is 49.9 Å². The number of carbonyl (C=O) groups is 1. The van der Waals surface area contributed by atoms with Crippen LogP contribution in [0.4, 0.5) is 4.79 Å². The third kappa shape index (κ3) is 4.26. The van der Waals surface area contributed by atoms with Crippen molar-refractivity contribution in [2.24, 2.45) is 5.92 Å². The van der Waals surface area contributed by atoms with E-state index in [-0.39, 0.29) is 6.03 Å². The van der Waals surface area contributed by atoms with E-state index < -0.39 is 0 Å². The Morgan fingerprint density at radius 2 is 2.00 bits per heavy atom. The summed E-state index contributed by atoms with van der Waals surface area (Å²) in [4.78, 5) is 13.8. The Balaban J connectivity index is 1.73. The minimum Gasteiger partial charge on any atom is -0.338 e. The van der Waals surface area contributed by atoms with Crippen LogP contribution >= 0.6 is 0 Å². The van der Waals surface area contributed by atoms with Crippen molar-refractivity contribution in [3.05, 3.63) is 35.4 Å². The number of nitrogens with zero attached hydrogens (tertiary/aromatic N) is 1. The highest BCUT2D eigenvalue weighted by molar-refractivity contribution is 5.73. The Labute approximate surface area is 122 Å². The summed E-state index contributed by atoms with van der Waals surface area (Å²) in [5.41, 5.74) is 2.44. The summed E-state index contributed by atoms with van der Waals surface area (Å²) in [6, 6.07) is 8.25. The highest BCUT2D eigenvalue weighted by atomic mass is 16.2. The quantitative estimate of drug-likeness (QED) is 0.872. The number of urea groups is 1. The molecule has 2 rings (SSSR count). The Bertz CT molecular complexity index is 438. The van der Waals surface area contributed by atoms with E-state index in [9.17, 15) is 4.79 Å². The number of benzene rings is 1. The summed E-state index contributed by atoms with van der Waals surface area (Å²) >= 11 is 0. The molecule has 1 saturated carbocycles. The first-order valence-corrected chi connectivity index (χ1v) is 7.70. The highest BCUT2D eigenvalue weighted by Gasteiger charge is 2.15. The molecule has 0 aromatic heterocycles. The third-order valence-corrected chi connectivity index (χ3v) is 4.32. The van der Waals surface area contributed by atoms with Crippen molar-refractivity contribution in [1.29, 1.82) is 0 Å². The average Bonchev–Trinajstić information content (AvgIpc) is 2.94. The second-order valence-electron chi connectivity index (χ2n) is 5.95. The van der Waals surface area contributed by atoms with E-state index in [1.807, 2.05) is 19.2 Å². The molecule has 0 heterocycles. The van der Waals surface area contributed by atoms with Crippen LogP contribution in [0.3, 0.4) is 0 Å². The number of amides is 2. The molecule has 0 bridgehead atoms. The second kappa shape index (κ2) is 7.32. The molecule has 20 heavy (non-hydrogen) atoms. The molecule has 0 saturated heterocycles. The minimum absolute atomic E-state index is 0.0336. The van der Waals surface area contributed by atoms with E-state index in [1.54, 1.807) is 4.90 Å². The van der Waals surface area contributed by atoms with Gasteiger partial charge in [-0.15, -0.1) is 0 Å². The molecule has 3 nitrogen and oxygen atoms in total. The van der Waals surface area contributed by atoms with Crippen LogP contribution in [0.1, 0.15) is 43.2 Å². The van der Waals surface area contributed by atoms with Crippen molar-refractivity contribution < 1.29 is 4.79 Å². The molecular weight excluding hydrogens is 248 g/mol. The summed E-state index contributed by atoms with van der Waals surface area (Å²) in [5.74, 6) is 0.831. The van der Waals surface area contributed by atoms with Gasteiger partial charge in [0, 0.05) is 20.1 Å². The van der Waals surface area contributed by atoms with E-state index in [4.69, 9.17) is 0 Å². The first-order chi connectivity index (χ1) is 9.66. The smallest absolute Gasteiger partial charge is 0.317 e. The predicted molar refractivity (Wildman–Crippen MR) is 82.6 cm³/mol. The molecule has 0 spiro atoms. The zero-order valence-electron chi connectivity index (χ0n) is 12.7. The lowest BCUT2D eigenvalue weighted by molar-refractivity contribution is 0.206. The van der Waals surface area contributed by atoms with Crippen LogP contribution in [-0.2, 0) is 6.54 Å². The van der Waals surface area contributed by atoms with Gasteiger partial charge < -0.3 is 10.2 Å². The minimum atomic E-state index is 0.0336. The summed E-state index contributed by atoms with van der Waals surface area (Å²) in [6.07, 6.45) is 6.55. The molecule has 1 aliphatic carbocycles. The van der Waals surface area contributed by atoms with E-state index in [2.05, 4.69) is 24.4 Å². The number of aryl methyl sites for hydroxylation is 1. The van der Waals surface area contributed by atoms with Crippen molar-refractivity contribution in [3.8, 4) is 0 Å². The Morgan fingerprint density at radius 3 is 2.70 bits per heavy atom. The van der Waals surface area contributed by atoms with Crippen molar-refractivity contribution in [1.82, 2.24) is 10.2 Å². The first-order valence-electron chi connectivity index (χ1n) is 7.70. The maximum absolute atomic E-state index is 12.0. The number of hydrogen-bond acceptors (Lipinski definition) is 1. The molecule has 0 aliphatic heterocycles. The third-order valence-electron chi connectivity index (χ3n) is 4.32. The highest BCUT2D eigenvalue weighted by Crippen LogP contribution is 2.26. The topological polar surface area (TPSA) is 32.3 Å². The molecular formula is C17H26N2O. The normalized spacial score (nSPS) is 15.3.